The van der Waals surface area contributed by atoms with Crippen LogP contribution in [0.15, 0.2) is 78.5 Å². The van der Waals surface area contributed by atoms with Crippen LogP contribution in [0.3, 0.4) is 0 Å². The highest BCUT2D eigenvalue weighted by atomic mass is 19.1. The fourth-order valence-electron chi connectivity index (χ4n) is 3.66. The van der Waals surface area contributed by atoms with E-state index >= 15 is 0 Å². The number of halogens is 1. The fraction of sp³-hybridized carbons (Fsp3) is 0.154. The first-order chi connectivity index (χ1) is 14.9. The Hall–Kier alpha value is -3.73. The summed E-state index contributed by atoms with van der Waals surface area (Å²) < 4.78 is 13.2. The quantitative estimate of drug-likeness (QED) is 0.585. The molecule has 0 aromatic heterocycles. The van der Waals surface area contributed by atoms with Crippen molar-refractivity contribution in [2.45, 2.75) is 20.3 Å². The van der Waals surface area contributed by atoms with E-state index in [0.29, 0.717) is 17.6 Å². The van der Waals surface area contributed by atoms with E-state index in [2.05, 4.69) is 5.32 Å². The Morgan fingerprint density at radius 2 is 1.58 bits per heavy atom. The lowest BCUT2D eigenvalue weighted by Crippen LogP contribution is -2.34. The minimum atomic E-state index is -0.355. The van der Waals surface area contributed by atoms with Crippen LogP contribution in [0.25, 0.3) is 5.57 Å². The highest BCUT2D eigenvalue weighted by molar-refractivity contribution is 6.36. The molecule has 0 radical (unpaired) electrons. The molecule has 3 aromatic carbocycles. The summed E-state index contributed by atoms with van der Waals surface area (Å²) in [6.07, 6.45) is 0.455. The maximum atomic E-state index is 13.3. The van der Waals surface area contributed by atoms with Crippen molar-refractivity contribution in [3.05, 3.63) is 107 Å². The molecule has 31 heavy (non-hydrogen) atoms. The number of carbonyl (C=O) groups excluding carboxylic acids is 2. The van der Waals surface area contributed by atoms with Gasteiger partial charge in [0.1, 0.15) is 11.5 Å². The number of amides is 2. The highest BCUT2D eigenvalue weighted by Crippen LogP contribution is 2.31. The van der Waals surface area contributed by atoms with E-state index in [-0.39, 0.29) is 29.9 Å². The van der Waals surface area contributed by atoms with Crippen LogP contribution in [0.4, 0.5) is 10.1 Å². The zero-order chi connectivity index (χ0) is 22.0. The van der Waals surface area contributed by atoms with Gasteiger partial charge in [0, 0.05) is 12.2 Å². The van der Waals surface area contributed by atoms with E-state index in [9.17, 15) is 14.0 Å². The molecule has 5 heteroatoms. The molecular weight excluding hydrogens is 391 g/mol. The number of hydrogen-bond donors (Lipinski definition) is 1. The van der Waals surface area contributed by atoms with Gasteiger partial charge in [0.25, 0.3) is 11.8 Å². The lowest BCUT2D eigenvalue weighted by Gasteiger charge is -2.16. The topological polar surface area (TPSA) is 49.4 Å². The van der Waals surface area contributed by atoms with Crippen LogP contribution in [-0.2, 0) is 16.0 Å². The summed E-state index contributed by atoms with van der Waals surface area (Å²) in [6.45, 7) is 4.16. The molecule has 1 aliphatic rings. The van der Waals surface area contributed by atoms with Gasteiger partial charge in [0.05, 0.1) is 5.57 Å². The summed E-state index contributed by atoms with van der Waals surface area (Å²) in [5.74, 6) is -0.997. The summed E-state index contributed by atoms with van der Waals surface area (Å²) in [4.78, 5) is 27.9. The van der Waals surface area contributed by atoms with Crippen LogP contribution in [0.5, 0.6) is 0 Å². The number of hydrogen-bond acceptors (Lipinski definition) is 3. The molecule has 4 rings (SSSR count). The second kappa shape index (κ2) is 8.56. The van der Waals surface area contributed by atoms with Gasteiger partial charge in [0.15, 0.2) is 0 Å². The number of benzene rings is 3. The number of rotatable bonds is 6. The third-order valence-corrected chi connectivity index (χ3v) is 5.42. The Labute approximate surface area is 181 Å². The molecule has 0 spiro atoms. The first kappa shape index (κ1) is 20.5. The summed E-state index contributed by atoms with van der Waals surface area (Å²) >= 11 is 0. The van der Waals surface area contributed by atoms with Crippen molar-refractivity contribution in [1.29, 1.82) is 0 Å². The first-order valence-electron chi connectivity index (χ1n) is 10.2. The standard InChI is InChI=1S/C26H23FN2O2/c1-17-8-9-18(2)22(16-17)28-24-23(20-6-4-3-5-7-20)25(30)29(26(24)31)15-14-19-10-12-21(27)13-11-19/h3-13,16,28H,14-15H2,1-2H3. The molecule has 1 aliphatic heterocycles. The average Bonchev–Trinajstić information content (AvgIpc) is 3.00. The zero-order valence-corrected chi connectivity index (χ0v) is 17.5. The number of nitrogens with zero attached hydrogens (tertiary/aromatic N) is 1. The maximum absolute atomic E-state index is 13.3. The summed E-state index contributed by atoms with van der Waals surface area (Å²) in [7, 11) is 0. The van der Waals surface area contributed by atoms with Gasteiger partial charge in [-0.1, -0.05) is 54.6 Å². The molecule has 1 heterocycles. The normalized spacial score (nSPS) is 13.8. The molecule has 0 unspecified atom stereocenters. The van der Waals surface area contributed by atoms with E-state index in [0.717, 1.165) is 22.4 Å². The third kappa shape index (κ3) is 4.26. The lowest BCUT2D eigenvalue weighted by molar-refractivity contribution is -0.136. The Morgan fingerprint density at radius 3 is 2.29 bits per heavy atom. The minimum Gasteiger partial charge on any atom is -0.350 e. The predicted molar refractivity (Wildman–Crippen MR) is 120 cm³/mol. The van der Waals surface area contributed by atoms with Crippen molar-refractivity contribution in [2.75, 3.05) is 11.9 Å². The predicted octanol–water partition coefficient (Wildman–Crippen LogP) is 4.88. The van der Waals surface area contributed by atoms with Crippen molar-refractivity contribution in [3.8, 4) is 0 Å². The van der Waals surface area contributed by atoms with Crippen molar-refractivity contribution in [1.82, 2.24) is 4.90 Å². The summed E-state index contributed by atoms with van der Waals surface area (Å²) in [5.41, 5.74) is 5.03. The van der Waals surface area contributed by atoms with Crippen LogP contribution < -0.4 is 5.32 Å². The number of carbonyl (C=O) groups is 2. The molecule has 0 fully saturated rings. The van der Waals surface area contributed by atoms with Gasteiger partial charge in [-0.05, 0) is 60.7 Å². The molecule has 0 saturated heterocycles. The minimum absolute atomic E-state index is 0.220. The van der Waals surface area contributed by atoms with Crippen LogP contribution in [0, 0.1) is 19.7 Å². The fourth-order valence-corrected chi connectivity index (χ4v) is 3.66. The van der Waals surface area contributed by atoms with E-state index in [1.165, 1.54) is 17.0 Å². The highest BCUT2D eigenvalue weighted by Gasteiger charge is 2.39. The van der Waals surface area contributed by atoms with Gasteiger partial charge >= 0.3 is 0 Å². The molecule has 4 nitrogen and oxygen atoms in total. The molecular formula is C26H23FN2O2. The Morgan fingerprint density at radius 1 is 0.871 bits per heavy atom. The van der Waals surface area contributed by atoms with Crippen molar-refractivity contribution in [2.24, 2.45) is 0 Å². The number of imide groups is 1. The smallest absolute Gasteiger partial charge is 0.278 e. The molecule has 156 valence electrons. The Bertz CT molecular complexity index is 1170. The van der Waals surface area contributed by atoms with Gasteiger partial charge in [-0.25, -0.2) is 4.39 Å². The van der Waals surface area contributed by atoms with Gasteiger partial charge in [-0.2, -0.15) is 0 Å². The van der Waals surface area contributed by atoms with Crippen LogP contribution in [-0.4, -0.2) is 23.3 Å². The molecule has 0 bridgehead atoms. The number of nitrogens with one attached hydrogen (secondary N) is 1. The summed E-state index contributed by atoms with van der Waals surface area (Å²) in [5, 5.41) is 3.23. The van der Waals surface area contributed by atoms with Crippen molar-refractivity contribution >= 4 is 23.1 Å². The van der Waals surface area contributed by atoms with Crippen LogP contribution in [0.2, 0.25) is 0 Å². The van der Waals surface area contributed by atoms with Gasteiger partial charge in [-0.15, -0.1) is 0 Å². The van der Waals surface area contributed by atoms with Gasteiger partial charge in [0.2, 0.25) is 0 Å². The SMILES string of the molecule is Cc1ccc(C)c(NC2=C(c3ccccc3)C(=O)N(CCc3ccc(F)cc3)C2=O)c1. The molecule has 3 aromatic rings. The van der Waals surface area contributed by atoms with E-state index < -0.39 is 0 Å². The maximum Gasteiger partial charge on any atom is 0.278 e. The van der Waals surface area contributed by atoms with Gasteiger partial charge in [-0.3, -0.25) is 14.5 Å². The average molecular weight is 414 g/mol. The Balaban J connectivity index is 1.67. The summed E-state index contributed by atoms with van der Waals surface area (Å²) in [6, 6.07) is 21.3. The van der Waals surface area contributed by atoms with Gasteiger partial charge < -0.3 is 5.32 Å². The number of aryl methyl sites for hydroxylation is 2. The van der Waals surface area contributed by atoms with Crippen molar-refractivity contribution < 1.29 is 14.0 Å². The Kier molecular flexibility index (Phi) is 5.67. The second-order valence-electron chi connectivity index (χ2n) is 7.70. The number of anilines is 1. The largest absolute Gasteiger partial charge is 0.350 e. The first-order valence-corrected chi connectivity index (χ1v) is 10.2. The van der Waals surface area contributed by atoms with Crippen LogP contribution in [0.1, 0.15) is 22.3 Å². The van der Waals surface area contributed by atoms with E-state index in [1.54, 1.807) is 12.1 Å². The van der Waals surface area contributed by atoms with Crippen LogP contribution >= 0.6 is 0 Å². The monoisotopic (exact) mass is 414 g/mol. The lowest BCUT2D eigenvalue weighted by atomic mass is 10.0. The zero-order valence-electron chi connectivity index (χ0n) is 17.5. The van der Waals surface area contributed by atoms with Crippen molar-refractivity contribution in [3.63, 3.8) is 0 Å². The third-order valence-electron chi connectivity index (χ3n) is 5.42. The molecule has 0 aliphatic carbocycles. The molecule has 0 atom stereocenters. The molecule has 2 amide bonds. The second-order valence-corrected chi connectivity index (χ2v) is 7.70. The molecule has 0 saturated carbocycles. The van der Waals surface area contributed by atoms with E-state index in [4.69, 9.17) is 0 Å². The van der Waals surface area contributed by atoms with E-state index in [1.807, 2.05) is 62.4 Å². The molecule has 1 N–H and O–H groups in total.